The Balaban J connectivity index is 1.32. The van der Waals surface area contributed by atoms with Crippen molar-refractivity contribution in [1.29, 1.82) is 0 Å². The summed E-state index contributed by atoms with van der Waals surface area (Å²) in [5.41, 5.74) is 0.638. The van der Waals surface area contributed by atoms with Gasteiger partial charge >= 0.3 is 0 Å². The van der Waals surface area contributed by atoms with Gasteiger partial charge in [-0.1, -0.05) is 30.3 Å². The molecule has 0 aromatic heterocycles. The number of rotatable bonds is 7. The van der Waals surface area contributed by atoms with E-state index in [2.05, 4.69) is 0 Å². The lowest BCUT2D eigenvalue weighted by Gasteiger charge is -2.37. The molecule has 4 rings (SSSR count). The number of hydrogen-bond donors (Lipinski definition) is 0. The van der Waals surface area contributed by atoms with Crippen LogP contribution in [0.5, 0.6) is 11.5 Å². The number of carbonyl (C=O) groups excluding carboxylic acids is 2. The van der Waals surface area contributed by atoms with Crippen molar-refractivity contribution < 1.29 is 28.5 Å². The molecule has 156 valence electrons. The molecule has 1 aliphatic heterocycles. The summed E-state index contributed by atoms with van der Waals surface area (Å²) in [5.74, 6) is 1.11. The van der Waals surface area contributed by atoms with Gasteiger partial charge in [0.15, 0.2) is 5.78 Å². The predicted molar refractivity (Wildman–Crippen MR) is 109 cm³/mol. The average Bonchev–Trinajstić information content (AvgIpc) is 2.80. The van der Waals surface area contributed by atoms with Crippen LogP contribution in [0.1, 0.15) is 29.6 Å². The van der Waals surface area contributed by atoms with E-state index >= 15 is 0 Å². The molecule has 30 heavy (non-hydrogen) atoms. The van der Waals surface area contributed by atoms with E-state index < -0.39 is 0 Å². The minimum atomic E-state index is -0.258. The Kier molecular flexibility index (Phi) is 6.14. The van der Waals surface area contributed by atoms with Crippen LogP contribution in [0.15, 0.2) is 66.6 Å². The van der Waals surface area contributed by atoms with E-state index in [0.29, 0.717) is 36.3 Å². The van der Waals surface area contributed by atoms with Gasteiger partial charge in [-0.2, -0.15) is 0 Å². The smallest absolute Gasteiger partial charge is 0.207 e. The van der Waals surface area contributed by atoms with Gasteiger partial charge in [0.2, 0.25) is 11.5 Å². The number of hydrogen-bond acceptors (Lipinski definition) is 6. The predicted octanol–water partition coefficient (Wildman–Crippen LogP) is 3.95. The molecule has 1 fully saturated rings. The van der Waals surface area contributed by atoms with Crippen LogP contribution in [0.25, 0.3) is 0 Å². The normalized spacial score (nSPS) is 23.0. The van der Waals surface area contributed by atoms with E-state index in [1.165, 1.54) is 6.26 Å². The average molecular weight is 408 g/mol. The van der Waals surface area contributed by atoms with Crippen LogP contribution in [0, 0.1) is 5.92 Å². The number of allylic oxidation sites excluding steroid dienone is 1. The molecular formula is C24H24O6. The molecule has 2 aromatic carbocycles. The van der Waals surface area contributed by atoms with Crippen molar-refractivity contribution in [1.82, 2.24) is 0 Å². The van der Waals surface area contributed by atoms with Crippen molar-refractivity contribution in [2.45, 2.75) is 31.5 Å². The Morgan fingerprint density at radius 1 is 1.03 bits per heavy atom. The van der Waals surface area contributed by atoms with Crippen LogP contribution in [0.3, 0.4) is 0 Å². The first-order valence-corrected chi connectivity index (χ1v) is 10.1. The van der Waals surface area contributed by atoms with Crippen LogP contribution in [0.2, 0.25) is 0 Å². The Bertz CT molecular complexity index is 918. The maximum absolute atomic E-state index is 12.9. The maximum Gasteiger partial charge on any atom is 0.207 e. The number of fused-ring (bicyclic) bond motifs is 1. The minimum Gasteiger partial charge on any atom is -0.497 e. The van der Waals surface area contributed by atoms with Gasteiger partial charge in [0.05, 0.1) is 19.1 Å². The lowest BCUT2D eigenvalue weighted by molar-refractivity contribution is -0.133. The fourth-order valence-electron chi connectivity index (χ4n) is 3.83. The molecule has 6 nitrogen and oxygen atoms in total. The Morgan fingerprint density at radius 2 is 1.77 bits per heavy atom. The van der Waals surface area contributed by atoms with Crippen LogP contribution >= 0.6 is 0 Å². The summed E-state index contributed by atoms with van der Waals surface area (Å²) in [6, 6.07) is 16.1. The Morgan fingerprint density at radius 3 is 2.50 bits per heavy atom. The highest BCUT2D eigenvalue weighted by Gasteiger charge is 2.41. The highest BCUT2D eigenvalue weighted by atomic mass is 16.5. The summed E-state index contributed by atoms with van der Waals surface area (Å²) in [6.07, 6.45) is 2.94. The molecule has 0 spiro atoms. The molecule has 1 heterocycles. The molecule has 1 saturated carbocycles. The first kappa shape index (κ1) is 20.2. The zero-order valence-electron chi connectivity index (χ0n) is 16.8. The van der Waals surface area contributed by atoms with Gasteiger partial charge in [-0.15, -0.1) is 0 Å². The fraction of sp³-hybridized carbons (Fsp3) is 0.333. The topological polar surface area (TPSA) is 71.1 Å². The first-order valence-electron chi connectivity index (χ1n) is 10.1. The van der Waals surface area contributed by atoms with Crippen molar-refractivity contribution >= 4 is 11.6 Å². The van der Waals surface area contributed by atoms with Crippen LogP contribution in [-0.4, -0.2) is 37.5 Å². The quantitative estimate of drug-likeness (QED) is 0.646. The molecule has 6 heteroatoms. The van der Waals surface area contributed by atoms with E-state index in [0.717, 1.165) is 0 Å². The minimum absolute atomic E-state index is 0.0294. The second kappa shape index (κ2) is 9.13. The van der Waals surface area contributed by atoms with Gasteiger partial charge in [-0.25, -0.2) is 0 Å². The summed E-state index contributed by atoms with van der Waals surface area (Å²) in [4.78, 5) is 25.1. The van der Waals surface area contributed by atoms with Gasteiger partial charge in [0.25, 0.3) is 0 Å². The van der Waals surface area contributed by atoms with E-state index in [4.69, 9.17) is 18.9 Å². The summed E-state index contributed by atoms with van der Waals surface area (Å²) >= 11 is 0. The lowest BCUT2D eigenvalue weighted by atomic mass is 9.80. The highest BCUT2D eigenvalue weighted by Crippen LogP contribution is 2.35. The summed E-state index contributed by atoms with van der Waals surface area (Å²) < 4.78 is 22.5. The third-order valence-electron chi connectivity index (χ3n) is 5.51. The number of methoxy groups -OCH3 is 1. The maximum atomic E-state index is 12.9. The fourth-order valence-corrected chi connectivity index (χ4v) is 3.83. The van der Waals surface area contributed by atoms with Crippen molar-refractivity contribution in [2.24, 2.45) is 5.92 Å². The van der Waals surface area contributed by atoms with E-state index in [-0.39, 0.29) is 42.1 Å². The zero-order valence-corrected chi connectivity index (χ0v) is 16.8. The molecule has 0 N–H and O–H groups in total. The van der Waals surface area contributed by atoms with Gasteiger partial charge < -0.3 is 18.9 Å². The highest BCUT2D eigenvalue weighted by molar-refractivity contribution is 5.97. The summed E-state index contributed by atoms with van der Waals surface area (Å²) in [7, 11) is 1.59. The van der Waals surface area contributed by atoms with Gasteiger partial charge in [0, 0.05) is 12.0 Å². The number of ketones is 2. The molecule has 2 aliphatic rings. The molecule has 0 bridgehead atoms. The second-order valence-corrected chi connectivity index (χ2v) is 7.44. The second-order valence-electron chi connectivity index (χ2n) is 7.44. The number of ether oxygens (including phenoxy) is 4. The number of carbonyl (C=O) groups is 2. The standard InChI is InChI=1S/C24H24O6/c1-27-17-7-9-18(10-8-17)30-23-15-29-22-13-19(11-12-20(22)24(23)26)28-14-21(25)16-5-3-2-4-6-16/h2-10,15,19-20,22H,11-14H2,1H3. The molecule has 0 saturated heterocycles. The van der Waals surface area contributed by atoms with Crippen molar-refractivity contribution in [2.75, 3.05) is 13.7 Å². The third kappa shape index (κ3) is 4.54. The molecular weight excluding hydrogens is 384 g/mol. The largest absolute Gasteiger partial charge is 0.497 e. The van der Waals surface area contributed by atoms with E-state index in [1.54, 1.807) is 43.5 Å². The van der Waals surface area contributed by atoms with E-state index in [1.807, 2.05) is 18.2 Å². The summed E-state index contributed by atoms with van der Waals surface area (Å²) in [5, 5.41) is 0. The van der Waals surface area contributed by atoms with Crippen LogP contribution < -0.4 is 9.47 Å². The van der Waals surface area contributed by atoms with Crippen molar-refractivity contribution in [3.05, 3.63) is 72.2 Å². The monoisotopic (exact) mass is 408 g/mol. The van der Waals surface area contributed by atoms with Crippen LogP contribution in [0.4, 0.5) is 0 Å². The van der Waals surface area contributed by atoms with Crippen molar-refractivity contribution in [3.63, 3.8) is 0 Å². The zero-order chi connectivity index (χ0) is 20.9. The van der Waals surface area contributed by atoms with E-state index in [9.17, 15) is 9.59 Å². The molecule has 3 atom stereocenters. The summed E-state index contributed by atoms with van der Waals surface area (Å²) in [6.45, 7) is 0.0294. The van der Waals surface area contributed by atoms with Crippen LogP contribution in [-0.2, 0) is 14.3 Å². The lowest BCUT2D eigenvalue weighted by Crippen LogP contribution is -2.42. The molecule has 0 radical (unpaired) electrons. The Labute approximate surface area is 175 Å². The van der Waals surface area contributed by atoms with Crippen molar-refractivity contribution in [3.8, 4) is 11.5 Å². The van der Waals surface area contributed by atoms with Gasteiger partial charge in [-0.3, -0.25) is 9.59 Å². The Hall–Kier alpha value is -3.12. The van der Waals surface area contributed by atoms with Gasteiger partial charge in [-0.05, 0) is 37.1 Å². The number of Topliss-reactive ketones (excluding diaryl/α,β-unsaturated/α-hetero) is 2. The first-order chi connectivity index (χ1) is 14.6. The third-order valence-corrected chi connectivity index (χ3v) is 5.51. The molecule has 3 unspecified atom stereocenters. The molecule has 1 aliphatic carbocycles. The SMILES string of the molecule is COc1ccc(OC2=COC3CC(OCC(=O)c4ccccc4)CCC3C2=O)cc1. The molecule has 0 amide bonds. The van der Waals surface area contributed by atoms with Gasteiger partial charge in [0.1, 0.15) is 30.5 Å². The molecule has 2 aromatic rings. The number of benzene rings is 2.